The minimum absolute atomic E-state index is 0.00841. The summed E-state index contributed by atoms with van der Waals surface area (Å²) in [6.45, 7) is 8.34. The van der Waals surface area contributed by atoms with E-state index in [1.165, 1.54) is 12.3 Å². The maximum atomic E-state index is 13.5. The number of hydrogen-bond donors (Lipinski definition) is 3. The molecule has 2 amide bonds. The number of nitrogens with zero attached hydrogens (tertiary/aromatic N) is 3. The van der Waals surface area contributed by atoms with E-state index in [1.54, 1.807) is 25.7 Å². The Labute approximate surface area is 212 Å². The van der Waals surface area contributed by atoms with Crippen molar-refractivity contribution in [3.8, 4) is 10.4 Å². The highest BCUT2D eigenvalue weighted by molar-refractivity contribution is 7.17. The number of hydrogen-bond acceptors (Lipinski definition) is 7. The Balaban J connectivity index is 1.99. The molecule has 12 heteroatoms. The van der Waals surface area contributed by atoms with Crippen LogP contribution in [0.25, 0.3) is 10.4 Å². The number of amides is 2. The number of halogens is 3. The predicted octanol–water partition coefficient (Wildman–Crippen LogP) is 4.39. The first-order valence-electron chi connectivity index (χ1n) is 11.8. The van der Waals surface area contributed by atoms with Crippen molar-refractivity contribution >= 4 is 29.0 Å². The highest BCUT2D eigenvalue weighted by atomic mass is 32.1. The van der Waals surface area contributed by atoms with Crippen LogP contribution in [-0.2, 0) is 0 Å². The number of aliphatic hydroxyl groups is 1. The lowest BCUT2D eigenvalue weighted by Gasteiger charge is -2.33. The van der Waals surface area contributed by atoms with Crippen LogP contribution in [0.15, 0.2) is 12.3 Å². The van der Waals surface area contributed by atoms with E-state index in [0.717, 1.165) is 37.5 Å². The van der Waals surface area contributed by atoms with Gasteiger partial charge >= 0.3 is 6.18 Å². The molecule has 0 bridgehead atoms. The summed E-state index contributed by atoms with van der Waals surface area (Å²) in [5, 5.41) is 14.9. The maximum Gasteiger partial charge on any atom is 0.408 e. The Kier molecular flexibility index (Phi) is 8.29. The Hall–Kier alpha value is -2.73. The lowest BCUT2D eigenvalue weighted by Crippen LogP contribution is -2.42. The van der Waals surface area contributed by atoms with Crippen molar-refractivity contribution in [3.63, 3.8) is 0 Å². The van der Waals surface area contributed by atoms with E-state index in [0.29, 0.717) is 22.5 Å². The van der Waals surface area contributed by atoms with Gasteiger partial charge in [-0.2, -0.15) is 13.2 Å². The average Bonchev–Trinajstić information content (AvgIpc) is 3.21. The lowest BCUT2D eigenvalue weighted by atomic mass is 10.0. The molecular weight excluding hydrogens is 495 g/mol. The number of piperidine rings is 1. The second-order valence-corrected chi connectivity index (χ2v) is 10.8. The Morgan fingerprint density at radius 3 is 2.58 bits per heavy atom. The third-order valence-electron chi connectivity index (χ3n) is 5.98. The van der Waals surface area contributed by atoms with Gasteiger partial charge in [-0.15, -0.1) is 11.3 Å². The van der Waals surface area contributed by atoms with Gasteiger partial charge in [0.05, 0.1) is 10.5 Å². The van der Waals surface area contributed by atoms with Gasteiger partial charge in [-0.3, -0.25) is 9.59 Å². The Morgan fingerprint density at radius 1 is 1.31 bits per heavy atom. The highest BCUT2D eigenvalue weighted by Crippen LogP contribution is 2.35. The zero-order chi connectivity index (χ0) is 26.8. The number of thiazole rings is 1. The molecule has 3 N–H and O–H groups in total. The molecular formula is C24H32F3N5O3S. The standard InChI is InChI=1S/C24H32F3N5O3S/c1-13-10-17(30-15(3)24(25,26)27)28-11-16(13)19-18(22(34)32-9-7-6-8-14(32)2)31-21(36-19)20(33)29-12-23(4,5)35/h10-11,14-15,35H,6-9,12H2,1-5H3,(H,28,30)(H,29,33)/t14-,15-/m0/s1. The van der Waals surface area contributed by atoms with E-state index in [1.807, 2.05) is 6.92 Å². The van der Waals surface area contributed by atoms with Crippen LogP contribution in [0.5, 0.6) is 0 Å². The van der Waals surface area contributed by atoms with E-state index >= 15 is 0 Å². The number of alkyl halides is 3. The highest BCUT2D eigenvalue weighted by Gasteiger charge is 2.36. The number of likely N-dealkylation sites (tertiary alicyclic amines) is 1. The molecule has 0 aliphatic carbocycles. The van der Waals surface area contributed by atoms with Gasteiger partial charge in [0.15, 0.2) is 5.01 Å². The molecule has 3 heterocycles. The van der Waals surface area contributed by atoms with Crippen LogP contribution in [-0.4, -0.2) is 68.7 Å². The zero-order valence-corrected chi connectivity index (χ0v) is 21.8. The fourth-order valence-corrected chi connectivity index (χ4v) is 4.88. The molecule has 3 rings (SSSR count). The summed E-state index contributed by atoms with van der Waals surface area (Å²) < 4.78 is 38.9. The molecule has 0 spiro atoms. The molecule has 0 unspecified atom stereocenters. The van der Waals surface area contributed by atoms with Crippen LogP contribution >= 0.6 is 11.3 Å². The van der Waals surface area contributed by atoms with Gasteiger partial charge in [-0.25, -0.2) is 9.97 Å². The molecule has 2 aromatic rings. The van der Waals surface area contributed by atoms with Crippen LogP contribution in [0.3, 0.4) is 0 Å². The summed E-state index contributed by atoms with van der Waals surface area (Å²) in [5.41, 5.74) is 0.0625. The molecule has 0 aromatic carbocycles. The van der Waals surface area contributed by atoms with Crippen molar-refractivity contribution in [1.82, 2.24) is 20.2 Å². The van der Waals surface area contributed by atoms with Gasteiger partial charge < -0.3 is 20.6 Å². The normalized spacial score (nSPS) is 17.6. The molecule has 1 aliphatic heterocycles. The van der Waals surface area contributed by atoms with Crippen molar-refractivity contribution in [2.75, 3.05) is 18.4 Å². The fraction of sp³-hybridized carbons (Fsp3) is 0.583. The summed E-state index contributed by atoms with van der Waals surface area (Å²) in [5.74, 6) is -0.787. The lowest BCUT2D eigenvalue weighted by molar-refractivity contribution is -0.138. The number of aromatic nitrogens is 2. The molecule has 2 aromatic heterocycles. The van der Waals surface area contributed by atoms with Crippen molar-refractivity contribution in [3.05, 3.63) is 28.5 Å². The summed E-state index contributed by atoms with van der Waals surface area (Å²) in [6, 6.07) is -0.298. The summed E-state index contributed by atoms with van der Waals surface area (Å²) in [4.78, 5) is 37.0. The first-order valence-corrected chi connectivity index (χ1v) is 12.6. The van der Waals surface area contributed by atoms with Gasteiger partial charge in [-0.1, -0.05) is 0 Å². The smallest absolute Gasteiger partial charge is 0.389 e. The minimum atomic E-state index is -4.43. The molecule has 1 saturated heterocycles. The number of pyridine rings is 1. The minimum Gasteiger partial charge on any atom is -0.389 e. The number of carbonyl (C=O) groups excluding carboxylic acids is 2. The topological polar surface area (TPSA) is 107 Å². The van der Waals surface area contributed by atoms with Crippen LogP contribution in [0.4, 0.5) is 19.0 Å². The number of anilines is 1. The molecule has 8 nitrogen and oxygen atoms in total. The molecule has 36 heavy (non-hydrogen) atoms. The largest absolute Gasteiger partial charge is 0.408 e. The monoisotopic (exact) mass is 527 g/mol. The van der Waals surface area contributed by atoms with E-state index in [4.69, 9.17) is 0 Å². The molecule has 2 atom stereocenters. The van der Waals surface area contributed by atoms with Crippen LogP contribution in [0.1, 0.15) is 72.8 Å². The second-order valence-electron chi connectivity index (χ2n) is 9.83. The van der Waals surface area contributed by atoms with Crippen molar-refractivity contribution in [1.29, 1.82) is 0 Å². The third-order valence-corrected chi connectivity index (χ3v) is 7.07. The zero-order valence-electron chi connectivity index (χ0n) is 21.0. The van der Waals surface area contributed by atoms with E-state index in [-0.39, 0.29) is 35.0 Å². The SMILES string of the molecule is Cc1cc(N[C@@H](C)C(F)(F)F)ncc1-c1sc(C(=O)NCC(C)(C)O)nc1C(=O)N1CCCC[C@@H]1C. The van der Waals surface area contributed by atoms with E-state index in [9.17, 15) is 27.9 Å². The first kappa shape index (κ1) is 27.9. The second kappa shape index (κ2) is 10.7. The number of rotatable bonds is 7. The van der Waals surface area contributed by atoms with Crippen LogP contribution in [0.2, 0.25) is 0 Å². The van der Waals surface area contributed by atoms with E-state index in [2.05, 4.69) is 20.6 Å². The summed E-state index contributed by atoms with van der Waals surface area (Å²) in [7, 11) is 0. The van der Waals surface area contributed by atoms with E-state index < -0.39 is 23.7 Å². The molecule has 0 radical (unpaired) electrons. The summed E-state index contributed by atoms with van der Waals surface area (Å²) in [6.07, 6.45) is -0.284. The summed E-state index contributed by atoms with van der Waals surface area (Å²) >= 11 is 1.01. The molecule has 1 fully saturated rings. The third kappa shape index (κ3) is 6.73. The first-order chi connectivity index (χ1) is 16.7. The number of nitrogens with one attached hydrogen (secondary N) is 2. The molecule has 198 valence electrons. The van der Waals surface area contributed by atoms with Gasteiger partial charge in [0.25, 0.3) is 11.8 Å². The quantitative estimate of drug-likeness (QED) is 0.493. The van der Waals surface area contributed by atoms with Gasteiger partial charge in [0.2, 0.25) is 0 Å². The Morgan fingerprint density at radius 2 is 2.00 bits per heavy atom. The van der Waals surface area contributed by atoms with Crippen LogP contribution < -0.4 is 10.6 Å². The average molecular weight is 528 g/mol. The van der Waals surface area contributed by atoms with Crippen molar-refractivity contribution in [2.24, 2.45) is 0 Å². The number of aryl methyl sites for hydroxylation is 1. The van der Waals surface area contributed by atoms with Crippen molar-refractivity contribution < 1.29 is 27.9 Å². The molecule has 0 saturated carbocycles. The fourth-order valence-electron chi connectivity index (χ4n) is 3.83. The van der Waals surface area contributed by atoms with Gasteiger partial charge in [0.1, 0.15) is 17.6 Å². The van der Waals surface area contributed by atoms with Gasteiger partial charge in [0, 0.05) is 30.9 Å². The van der Waals surface area contributed by atoms with Crippen LogP contribution in [0, 0.1) is 6.92 Å². The van der Waals surface area contributed by atoms with Gasteiger partial charge in [-0.05, 0) is 65.5 Å². The molecule has 1 aliphatic rings. The predicted molar refractivity (Wildman–Crippen MR) is 132 cm³/mol. The van der Waals surface area contributed by atoms with Crippen molar-refractivity contribution in [2.45, 2.75) is 77.7 Å². The maximum absolute atomic E-state index is 13.5. The Bertz CT molecular complexity index is 1110. The number of carbonyl (C=O) groups is 2.